The monoisotopic (exact) mass is 369 g/mol. The third-order valence-electron chi connectivity index (χ3n) is 3.59. The van der Waals surface area contributed by atoms with Gasteiger partial charge in [0.1, 0.15) is 11.6 Å². The second kappa shape index (κ2) is 8.49. The van der Waals surface area contributed by atoms with E-state index in [0.717, 1.165) is 20.8 Å². The molecule has 5 nitrogen and oxygen atoms in total. The number of para-hydroxylation sites is 1. The fraction of sp³-hybridized carbons (Fsp3) is 0.200. The van der Waals surface area contributed by atoms with Crippen LogP contribution in [0, 0.1) is 0 Å². The molecule has 0 atom stereocenters. The molecule has 3 aromatic rings. The van der Waals surface area contributed by atoms with Gasteiger partial charge in [-0.05, 0) is 36.8 Å². The number of benzene rings is 2. The van der Waals surface area contributed by atoms with Crippen LogP contribution in [0.25, 0.3) is 16.3 Å². The molecular weight excluding hydrogens is 350 g/mol. The van der Waals surface area contributed by atoms with Crippen LogP contribution >= 0.6 is 11.3 Å². The van der Waals surface area contributed by atoms with Gasteiger partial charge in [-0.15, -0.1) is 11.3 Å². The van der Waals surface area contributed by atoms with Crippen molar-refractivity contribution in [1.29, 1.82) is 0 Å². The van der Waals surface area contributed by atoms with Crippen LogP contribution in [0.5, 0.6) is 11.5 Å². The van der Waals surface area contributed by atoms with Gasteiger partial charge in [0.05, 0.1) is 17.3 Å². The van der Waals surface area contributed by atoms with E-state index in [1.165, 1.54) is 11.3 Å². The molecule has 0 saturated carbocycles. The molecule has 0 spiro atoms. The van der Waals surface area contributed by atoms with Crippen molar-refractivity contribution >= 4 is 33.6 Å². The van der Waals surface area contributed by atoms with Crippen LogP contribution in [0.1, 0.15) is 17.5 Å². The van der Waals surface area contributed by atoms with Gasteiger partial charge in [0.15, 0.2) is 18.1 Å². The van der Waals surface area contributed by atoms with Crippen LogP contribution in [-0.4, -0.2) is 24.7 Å². The predicted octanol–water partition coefficient (Wildman–Crippen LogP) is 4.46. The molecule has 0 aliphatic heterocycles. The van der Waals surface area contributed by atoms with Crippen molar-refractivity contribution < 1.29 is 19.0 Å². The standard InChI is InChI=1S/C20H19NO4S/c1-3-6-14-9-10-16(17(11-14)23-2)24-13-20(22)25-12-19-21-15-7-4-5-8-18(15)26-19/h3-11H,12-13H2,1-2H3/b6-3+. The Hall–Kier alpha value is -2.86. The number of methoxy groups -OCH3 is 1. The van der Waals surface area contributed by atoms with Gasteiger partial charge in [0.25, 0.3) is 0 Å². The quantitative estimate of drug-likeness (QED) is 0.576. The lowest BCUT2D eigenvalue weighted by Gasteiger charge is -2.11. The molecule has 134 valence electrons. The fourth-order valence-electron chi connectivity index (χ4n) is 2.40. The van der Waals surface area contributed by atoms with Crippen LogP contribution in [0.15, 0.2) is 48.5 Å². The Morgan fingerprint density at radius 2 is 2.04 bits per heavy atom. The van der Waals surface area contributed by atoms with E-state index in [9.17, 15) is 4.79 Å². The number of esters is 1. The van der Waals surface area contributed by atoms with Crippen LogP contribution in [-0.2, 0) is 16.1 Å². The molecule has 0 N–H and O–H groups in total. The number of ether oxygens (including phenoxy) is 3. The average molecular weight is 369 g/mol. The van der Waals surface area contributed by atoms with Crippen molar-refractivity contribution in [1.82, 2.24) is 4.98 Å². The van der Waals surface area contributed by atoms with Gasteiger partial charge in [-0.1, -0.05) is 30.4 Å². The molecule has 0 aliphatic rings. The minimum absolute atomic E-state index is 0.138. The smallest absolute Gasteiger partial charge is 0.344 e. The first-order valence-corrected chi connectivity index (χ1v) is 8.95. The lowest BCUT2D eigenvalue weighted by atomic mass is 10.2. The SMILES string of the molecule is C/C=C/c1ccc(OCC(=O)OCc2nc3ccccc3s2)c(OC)c1. The lowest BCUT2D eigenvalue weighted by Crippen LogP contribution is -2.15. The summed E-state index contributed by atoms with van der Waals surface area (Å²) < 4.78 is 17.2. The highest BCUT2D eigenvalue weighted by Gasteiger charge is 2.11. The maximum atomic E-state index is 12.0. The molecule has 0 radical (unpaired) electrons. The molecule has 0 fully saturated rings. The molecule has 6 heteroatoms. The highest BCUT2D eigenvalue weighted by molar-refractivity contribution is 7.18. The van der Waals surface area contributed by atoms with Crippen LogP contribution in [0.4, 0.5) is 0 Å². The zero-order chi connectivity index (χ0) is 18.4. The van der Waals surface area contributed by atoms with E-state index < -0.39 is 5.97 Å². The Balaban J connectivity index is 1.55. The molecule has 26 heavy (non-hydrogen) atoms. The number of aromatic nitrogens is 1. The van der Waals surface area contributed by atoms with Gasteiger partial charge in [-0.2, -0.15) is 0 Å². The van der Waals surface area contributed by atoms with E-state index >= 15 is 0 Å². The summed E-state index contributed by atoms with van der Waals surface area (Å²) in [6.07, 6.45) is 3.90. The summed E-state index contributed by atoms with van der Waals surface area (Å²) in [6.45, 7) is 1.89. The second-order valence-corrected chi connectivity index (χ2v) is 6.55. The Morgan fingerprint density at radius 1 is 1.19 bits per heavy atom. The highest BCUT2D eigenvalue weighted by Crippen LogP contribution is 2.28. The summed E-state index contributed by atoms with van der Waals surface area (Å²) in [5.74, 6) is 0.612. The molecule has 0 saturated heterocycles. The summed E-state index contributed by atoms with van der Waals surface area (Å²) in [6, 6.07) is 13.3. The molecule has 1 heterocycles. The van der Waals surface area contributed by atoms with E-state index in [4.69, 9.17) is 14.2 Å². The molecule has 3 rings (SSSR count). The Labute approximate surface area is 155 Å². The van der Waals surface area contributed by atoms with Gasteiger partial charge >= 0.3 is 5.97 Å². The van der Waals surface area contributed by atoms with Crippen molar-refractivity contribution in [3.8, 4) is 11.5 Å². The summed E-state index contributed by atoms with van der Waals surface area (Å²) >= 11 is 1.51. The summed E-state index contributed by atoms with van der Waals surface area (Å²) in [4.78, 5) is 16.4. The largest absolute Gasteiger partial charge is 0.493 e. The number of carbonyl (C=O) groups excluding carboxylic acids is 1. The first kappa shape index (κ1) is 17.9. The van der Waals surface area contributed by atoms with Gasteiger partial charge in [0, 0.05) is 0 Å². The van der Waals surface area contributed by atoms with E-state index in [0.29, 0.717) is 11.5 Å². The number of carbonyl (C=O) groups is 1. The van der Waals surface area contributed by atoms with Crippen molar-refractivity contribution in [2.45, 2.75) is 13.5 Å². The third kappa shape index (κ3) is 4.40. The van der Waals surface area contributed by atoms with Crippen molar-refractivity contribution in [3.63, 3.8) is 0 Å². The van der Waals surface area contributed by atoms with E-state index in [1.54, 1.807) is 13.2 Å². The molecule has 0 unspecified atom stereocenters. The molecule has 1 aromatic heterocycles. The third-order valence-corrected chi connectivity index (χ3v) is 4.60. The molecule has 0 bridgehead atoms. The van der Waals surface area contributed by atoms with Crippen LogP contribution < -0.4 is 9.47 Å². The maximum absolute atomic E-state index is 12.0. The highest BCUT2D eigenvalue weighted by atomic mass is 32.1. The van der Waals surface area contributed by atoms with Crippen molar-refractivity contribution in [3.05, 3.63) is 59.1 Å². The zero-order valence-corrected chi connectivity index (χ0v) is 15.4. The van der Waals surface area contributed by atoms with Crippen LogP contribution in [0.3, 0.4) is 0 Å². The zero-order valence-electron chi connectivity index (χ0n) is 14.6. The topological polar surface area (TPSA) is 57.7 Å². The average Bonchev–Trinajstić information content (AvgIpc) is 3.08. The number of thiazole rings is 1. The van der Waals surface area contributed by atoms with Crippen molar-refractivity contribution in [2.24, 2.45) is 0 Å². The Morgan fingerprint density at radius 3 is 2.81 bits per heavy atom. The second-order valence-electron chi connectivity index (χ2n) is 5.43. The minimum atomic E-state index is -0.455. The van der Waals surface area contributed by atoms with Gasteiger partial charge in [0.2, 0.25) is 0 Å². The molecule has 0 amide bonds. The van der Waals surface area contributed by atoms with E-state index in [-0.39, 0.29) is 13.2 Å². The summed E-state index contributed by atoms with van der Waals surface area (Å²) in [5.41, 5.74) is 1.90. The number of hydrogen-bond acceptors (Lipinski definition) is 6. The molecule has 2 aromatic carbocycles. The molecular formula is C20H19NO4S. The lowest BCUT2D eigenvalue weighted by molar-refractivity contribution is -0.147. The Bertz CT molecular complexity index is 899. The summed E-state index contributed by atoms with van der Waals surface area (Å²) in [5, 5.41) is 0.757. The predicted molar refractivity (Wildman–Crippen MR) is 103 cm³/mol. The Kier molecular flexibility index (Phi) is 5.86. The van der Waals surface area contributed by atoms with Gasteiger partial charge in [-0.25, -0.2) is 9.78 Å². The van der Waals surface area contributed by atoms with Gasteiger partial charge in [-0.3, -0.25) is 0 Å². The normalized spacial score (nSPS) is 11.0. The van der Waals surface area contributed by atoms with Crippen LogP contribution in [0.2, 0.25) is 0 Å². The first-order valence-electron chi connectivity index (χ1n) is 8.13. The fourth-order valence-corrected chi connectivity index (χ4v) is 3.28. The first-order chi connectivity index (χ1) is 12.7. The number of fused-ring (bicyclic) bond motifs is 1. The van der Waals surface area contributed by atoms with E-state index in [2.05, 4.69) is 4.98 Å². The minimum Gasteiger partial charge on any atom is -0.493 e. The molecule has 0 aliphatic carbocycles. The van der Waals surface area contributed by atoms with Crippen molar-refractivity contribution in [2.75, 3.05) is 13.7 Å². The maximum Gasteiger partial charge on any atom is 0.344 e. The number of nitrogens with zero attached hydrogens (tertiary/aromatic N) is 1. The summed E-state index contributed by atoms with van der Waals surface area (Å²) in [7, 11) is 1.56. The number of rotatable bonds is 7. The number of allylic oxidation sites excluding steroid dienone is 1. The number of hydrogen-bond donors (Lipinski definition) is 0. The van der Waals surface area contributed by atoms with Gasteiger partial charge < -0.3 is 14.2 Å². The van der Waals surface area contributed by atoms with E-state index in [1.807, 2.05) is 55.5 Å².